The van der Waals surface area contributed by atoms with Crippen LogP contribution in [0.15, 0.2) is 4.99 Å². The van der Waals surface area contributed by atoms with Crippen LogP contribution in [0.4, 0.5) is 0 Å². The van der Waals surface area contributed by atoms with E-state index in [2.05, 4.69) is 27.4 Å². The maximum Gasteiger partial charge on any atom is 0.225 e. The second-order valence-corrected chi connectivity index (χ2v) is 7.21. The average molecular weight is 353 g/mol. The molecule has 0 aromatic carbocycles. The summed E-state index contributed by atoms with van der Waals surface area (Å²) in [5, 5.41) is 6.74. The lowest BCUT2D eigenvalue weighted by Crippen LogP contribution is -2.46. The van der Waals surface area contributed by atoms with Crippen molar-refractivity contribution in [2.24, 2.45) is 10.9 Å². The number of ether oxygens (including phenoxy) is 1. The van der Waals surface area contributed by atoms with E-state index in [4.69, 9.17) is 4.74 Å². The number of carbonyl (C=O) groups is 1. The number of nitrogens with one attached hydrogen (secondary N) is 2. The number of guanidine groups is 1. The lowest BCUT2D eigenvalue weighted by molar-refractivity contribution is -0.135. The fraction of sp³-hybridized carbons (Fsp3) is 0.895. The largest absolute Gasteiger partial charge is 0.380 e. The maximum absolute atomic E-state index is 12.6. The minimum Gasteiger partial charge on any atom is -0.380 e. The van der Waals surface area contributed by atoms with Gasteiger partial charge in [-0.3, -0.25) is 9.79 Å². The number of carbonyl (C=O) groups excluding carboxylic acids is 1. The molecule has 1 atom stereocenters. The predicted octanol–water partition coefficient (Wildman–Crippen LogP) is 2.15. The van der Waals surface area contributed by atoms with Crippen LogP contribution < -0.4 is 10.6 Å². The van der Waals surface area contributed by atoms with Gasteiger partial charge < -0.3 is 20.3 Å². The third kappa shape index (κ3) is 6.84. The zero-order valence-corrected chi connectivity index (χ0v) is 16.1. The highest BCUT2D eigenvalue weighted by Gasteiger charge is 2.31. The first kappa shape index (κ1) is 20.0. The lowest BCUT2D eigenvalue weighted by Gasteiger charge is -2.26. The highest BCUT2D eigenvalue weighted by atomic mass is 16.5. The zero-order chi connectivity index (χ0) is 17.9. The molecule has 1 amide bonds. The number of hydrogen-bond acceptors (Lipinski definition) is 3. The molecule has 2 fully saturated rings. The van der Waals surface area contributed by atoms with Crippen molar-refractivity contribution in [2.45, 2.75) is 64.3 Å². The van der Waals surface area contributed by atoms with Crippen molar-refractivity contribution < 1.29 is 9.53 Å². The van der Waals surface area contributed by atoms with Gasteiger partial charge in [0, 0.05) is 45.2 Å². The van der Waals surface area contributed by atoms with Gasteiger partial charge in [-0.15, -0.1) is 0 Å². The Kier molecular flexibility index (Phi) is 9.08. The van der Waals surface area contributed by atoms with E-state index in [1.807, 2.05) is 0 Å². The minimum absolute atomic E-state index is 0.269. The molecule has 1 unspecified atom stereocenters. The molecular formula is C19H36N4O2. The molecule has 2 N–H and O–H groups in total. The molecule has 0 aromatic rings. The van der Waals surface area contributed by atoms with Crippen LogP contribution in [0.5, 0.6) is 0 Å². The SMILES string of the molecule is CCCCOCCNC(=NC)NC1CCN(C(=O)C2CCCCC2)C1. The van der Waals surface area contributed by atoms with E-state index in [1.54, 1.807) is 7.05 Å². The molecule has 144 valence electrons. The summed E-state index contributed by atoms with van der Waals surface area (Å²) in [5.74, 6) is 1.44. The van der Waals surface area contributed by atoms with E-state index in [0.29, 0.717) is 18.6 Å². The first-order valence-electron chi connectivity index (χ1n) is 10.1. The van der Waals surface area contributed by atoms with E-state index < -0.39 is 0 Å². The Balaban J connectivity index is 1.65. The number of unbranched alkanes of at least 4 members (excludes halogenated alkanes) is 1. The molecule has 6 nitrogen and oxygen atoms in total. The van der Waals surface area contributed by atoms with Crippen molar-refractivity contribution >= 4 is 11.9 Å². The quantitative estimate of drug-likeness (QED) is 0.399. The van der Waals surface area contributed by atoms with E-state index in [0.717, 1.165) is 64.3 Å². The number of rotatable bonds is 8. The summed E-state index contributed by atoms with van der Waals surface area (Å²) in [6, 6.07) is 0.291. The van der Waals surface area contributed by atoms with Crippen LogP contribution in [-0.2, 0) is 9.53 Å². The van der Waals surface area contributed by atoms with Gasteiger partial charge in [0.15, 0.2) is 5.96 Å². The Morgan fingerprint density at radius 2 is 2.00 bits per heavy atom. The molecule has 0 radical (unpaired) electrons. The summed E-state index contributed by atoms with van der Waals surface area (Å²) < 4.78 is 5.56. The molecule has 1 aliphatic carbocycles. The Morgan fingerprint density at radius 1 is 1.20 bits per heavy atom. The molecule has 1 saturated carbocycles. The van der Waals surface area contributed by atoms with Gasteiger partial charge in [-0.05, 0) is 25.7 Å². The van der Waals surface area contributed by atoms with Crippen molar-refractivity contribution in [3.63, 3.8) is 0 Å². The van der Waals surface area contributed by atoms with Crippen LogP contribution in [0.2, 0.25) is 0 Å². The van der Waals surface area contributed by atoms with Crippen molar-refractivity contribution in [3.05, 3.63) is 0 Å². The van der Waals surface area contributed by atoms with Crippen LogP contribution in [0.3, 0.4) is 0 Å². The summed E-state index contributed by atoms with van der Waals surface area (Å²) >= 11 is 0. The molecule has 2 rings (SSSR count). The van der Waals surface area contributed by atoms with Gasteiger partial charge >= 0.3 is 0 Å². The monoisotopic (exact) mass is 352 g/mol. The molecular weight excluding hydrogens is 316 g/mol. The van der Waals surface area contributed by atoms with Crippen LogP contribution >= 0.6 is 0 Å². The molecule has 0 aromatic heterocycles. The number of hydrogen-bond donors (Lipinski definition) is 2. The van der Waals surface area contributed by atoms with Gasteiger partial charge in [-0.2, -0.15) is 0 Å². The van der Waals surface area contributed by atoms with E-state index in [-0.39, 0.29) is 5.92 Å². The third-order valence-corrected chi connectivity index (χ3v) is 5.20. The number of amides is 1. The molecule has 1 heterocycles. The highest BCUT2D eigenvalue weighted by Crippen LogP contribution is 2.26. The van der Waals surface area contributed by atoms with Crippen molar-refractivity contribution in [1.29, 1.82) is 0 Å². The summed E-state index contributed by atoms with van der Waals surface area (Å²) in [5.41, 5.74) is 0. The predicted molar refractivity (Wildman–Crippen MR) is 102 cm³/mol. The first-order chi connectivity index (χ1) is 12.2. The van der Waals surface area contributed by atoms with Crippen LogP contribution in [0.25, 0.3) is 0 Å². The smallest absolute Gasteiger partial charge is 0.225 e. The van der Waals surface area contributed by atoms with Crippen molar-refractivity contribution in [2.75, 3.05) is 39.9 Å². The first-order valence-corrected chi connectivity index (χ1v) is 10.1. The van der Waals surface area contributed by atoms with Gasteiger partial charge in [0.25, 0.3) is 0 Å². The zero-order valence-electron chi connectivity index (χ0n) is 16.1. The molecule has 2 aliphatic rings. The Hall–Kier alpha value is -1.30. The Bertz CT molecular complexity index is 422. The molecule has 1 saturated heterocycles. The summed E-state index contributed by atoms with van der Waals surface area (Å²) in [6.45, 7) is 6.09. The van der Waals surface area contributed by atoms with Crippen LogP contribution in [0.1, 0.15) is 58.3 Å². The Labute approximate surface area is 152 Å². The third-order valence-electron chi connectivity index (χ3n) is 5.20. The van der Waals surface area contributed by atoms with Crippen LogP contribution in [-0.4, -0.2) is 62.7 Å². The topological polar surface area (TPSA) is 66.0 Å². The lowest BCUT2D eigenvalue weighted by atomic mass is 9.88. The van der Waals surface area contributed by atoms with Gasteiger partial charge in [-0.1, -0.05) is 32.6 Å². The normalized spacial score (nSPS) is 22.2. The molecule has 6 heteroatoms. The van der Waals surface area contributed by atoms with Crippen molar-refractivity contribution in [1.82, 2.24) is 15.5 Å². The van der Waals surface area contributed by atoms with E-state index in [9.17, 15) is 4.79 Å². The average Bonchev–Trinajstić information content (AvgIpc) is 3.12. The molecule has 25 heavy (non-hydrogen) atoms. The van der Waals surface area contributed by atoms with Crippen molar-refractivity contribution in [3.8, 4) is 0 Å². The fourth-order valence-electron chi connectivity index (χ4n) is 3.66. The van der Waals surface area contributed by atoms with Gasteiger partial charge in [0.1, 0.15) is 0 Å². The van der Waals surface area contributed by atoms with Gasteiger partial charge in [-0.25, -0.2) is 0 Å². The summed E-state index contributed by atoms with van der Waals surface area (Å²) in [6.07, 6.45) is 9.13. The summed E-state index contributed by atoms with van der Waals surface area (Å²) in [7, 11) is 1.78. The fourth-order valence-corrected chi connectivity index (χ4v) is 3.66. The van der Waals surface area contributed by atoms with E-state index >= 15 is 0 Å². The van der Waals surface area contributed by atoms with Gasteiger partial charge in [0.05, 0.1) is 6.61 Å². The van der Waals surface area contributed by atoms with Gasteiger partial charge in [0.2, 0.25) is 5.91 Å². The van der Waals surface area contributed by atoms with Crippen LogP contribution in [0, 0.1) is 5.92 Å². The molecule has 0 spiro atoms. The second kappa shape index (κ2) is 11.3. The molecule has 1 aliphatic heterocycles. The number of nitrogens with zero attached hydrogens (tertiary/aromatic N) is 2. The minimum atomic E-state index is 0.269. The second-order valence-electron chi connectivity index (χ2n) is 7.21. The molecule has 0 bridgehead atoms. The highest BCUT2D eigenvalue weighted by molar-refractivity contribution is 5.81. The standard InChI is InChI=1S/C19H36N4O2/c1-3-4-13-25-14-11-21-19(20-2)22-17-10-12-23(15-17)18(24)16-8-6-5-7-9-16/h16-17H,3-15H2,1-2H3,(H2,20,21,22). The van der Waals surface area contributed by atoms with E-state index in [1.165, 1.54) is 19.3 Å². The Morgan fingerprint density at radius 3 is 2.72 bits per heavy atom. The number of likely N-dealkylation sites (tertiary alicyclic amines) is 1. The number of aliphatic imine (C=N–C) groups is 1. The maximum atomic E-state index is 12.6. The summed E-state index contributed by atoms with van der Waals surface area (Å²) in [4.78, 5) is 19.0.